The van der Waals surface area contributed by atoms with Crippen LogP contribution < -0.4 is 0 Å². The van der Waals surface area contributed by atoms with Gasteiger partial charge in [0.2, 0.25) is 5.91 Å². The normalized spacial score (nSPS) is 19.3. The molecule has 0 N–H and O–H groups in total. The van der Waals surface area contributed by atoms with E-state index in [-0.39, 0.29) is 17.2 Å². The van der Waals surface area contributed by atoms with Crippen molar-refractivity contribution in [3.05, 3.63) is 41.5 Å². The van der Waals surface area contributed by atoms with E-state index in [1.807, 2.05) is 10.6 Å². The van der Waals surface area contributed by atoms with Crippen LogP contribution in [0.3, 0.4) is 0 Å². The Kier molecular flexibility index (Phi) is 5.16. The zero-order chi connectivity index (χ0) is 17.3. The molecule has 4 heteroatoms. The minimum atomic E-state index is -1.84. The Hall–Kier alpha value is -1.39. The summed E-state index contributed by atoms with van der Waals surface area (Å²) in [5, 5.41) is 0.141. The van der Waals surface area contributed by atoms with Gasteiger partial charge in [0.1, 0.15) is 6.23 Å². The maximum Gasteiger partial charge on any atom is 0.221 e. The van der Waals surface area contributed by atoms with Crippen LogP contribution in [0, 0.1) is 6.92 Å². The predicted octanol–water partition coefficient (Wildman–Crippen LogP) is 4.59. The summed E-state index contributed by atoms with van der Waals surface area (Å²) in [5.41, 5.74) is 2.43. The molecule has 1 heterocycles. The summed E-state index contributed by atoms with van der Waals surface area (Å²) in [4.78, 5) is 12.1. The third kappa shape index (κ3) is 3.93. The molecule has 0 radical (unpaired) electrons. The quantitative estimate of drug-likeness (QED) is 0.583. The minimum Gasteiger partial charge on any atom is -0.354 e. The highest BCUT2D eigenvalue weighted by Gasteiger charge is 2.52. The van der Waals surface area contributed by atoms with Gasteiger partial charge in [-0.2, -0.15) is 0 Å². The standard InChI is InChI=1S/C19H29NO2Si/c1-15-9-11-16(12-10-15)8-7-13-22-18-14-17(21)20(18)23(5,6)19(2,3)4/h7-12,18H,13-14H2,1-6H3/b8-7+. The van der Waals surface area contributed by atoms with Crippen LogP contribution >= 0.6 is 0 Å². The number of β-lactam (4-membered cyclic amide) rings is 1. The van der Waals surface area contributed by atoms with Gasteiger partial charge in [-0.15, -0.1) is 0 Å². The molecule has 3 nitrogen and oxygen atoms in total. The van der Waals surface area contributed by atoms with Crippen molar-refractivity contribution in [3.63, 3.8) is 0 Å². The van der Waals surface area contributed by atoms with Crippen LogP contribution in [0.4, 0.5) is 0 Å². The molecule has 1 aliphatic rings. The molecule has 1 fully saturated rings. The molecule has 0 aromatic heterocycles. The molecule has 2 rings (SSSR count). The predicted molar refractivity (Wildman–Crippen MR) is 98.6 cm³/mol. The van der Waals surface area contributed by atoms with Crippen molar-refractivity contribution in [3.8, 4) is 0 Å². The third-order valence-corrected chi connectivity index (χ3v) is 10.5. The van der Waals surface area contributed by atoms with Crippen molar-refractivity contribution in [2.24, 2.45) is 0 Å². The topological polar surface area (TPSA) is 29.5 Å². The zero-order valence-electron chi connectivity index (χ0n) is 15.2. The molecule has 0 aliphatic carbocycles. The first-order chi connectivity index (χ1) is 10.6. The highest BCUT2D eigenvalue weighted by Crippen LogP contribution is 2.43. The number of aryl methyl sites for hydroxylation is 1. The lowest BCUT2D eigenvalue weighted by molar-refractivity contribution is -0.159. The number of benzene rings is 1. The molecule has 0 spiro atoms. The Morgan fingerprint density at radius 2 is 1.87 bits per heavy atom. The molecule has 0 saturated carbocycles. The Morgan fingerprint density at radius 1 is 1.26 bits per heavy atom. The van der Waals surface area contributed by atoms with E-state index in [0.29, 0.717) is 13.0 Å². The summed E-state index contributed by atoms with van der Waals surface area (Å²) < 4.78 is 7.98. The zero-order valence-corrected chi connectivity index (χ0v) is 16.2. The molecule has 0 bridgehead atoms. The number of hydrogen-bond donors (Lipinski definition) is 0. The van der Waals surface area contributed by atoms with E-state index >= 15 is 0 Å². The summed E-state index contributed by atoms with van der Waals surface area (Å²) in [5.74, 6) is 0.240. The van der Waals surface area contributed by atoms with Gasteiger partial charge in [0.05, 0.1) is 13.0 Å². The van der Waals surface area contributed by atoms with Crippen LogP contribution in [-0.4, -0.2) is 31.5 Å². The fourth-order valence-corrected chi connectivity index (χ4v) is 4.91. The lowest BCUT2D eigenvalue weighted by Crippen LogP contribution is -2.68. The van der Waals surface area contributed by atoms with Gasteiger partial charge in [0.15, 0.2) is 8.24 Å². The van der Waals surface area contributed by atoms with Gasteiger partial charge in [-0.3, -0.25) is 4.79 Å². The van der Waals surface area contributed by atoms with Crippen LogP contribution in [0.2, 0.25) is 18.1 Å². The van der Waals surface area contributed by atoms with Crippen molar-refractivity contribution in [1.82, 2.24) is 4.57 Å². The molecule has 1 aliphatic heterocycles. The van der Waals surface area contributed by atoms with Gasteiger partial charge >= 0.3 is 0 Å². The fourth-order valence-electron chi connectivity index (χ4n) is 2.58. The highest BCUT2D eigenvalue weighted by molar-refractivity contribution is 6.79. The lowest BCUT2D eigenvalue weighted by atomic mass is 10.1. The second-order valence-corrected chi connectivity index (χ2v) is 13.0. The maximum atomic E-state index is 12.1. The van der Waals surface area contributed by atoms with Crippen LogP contribution in [0.1, 0.15) is 38.3 Å². The van der Waals surface area contributed by atoms with Gasteiger partial charge in [-0.25, -0.2) is 0 Å². The average Bonchev–Trinajstić information content (AvgIpc) is 2.42. The van der Waals surface area contributed by atoms with E-state index in [1.54, 1.807) is 0 Å². The SMILES string of the molecule is Cc1ccc(/C=C/COC2CC(=O)N2[Si](C)(C)C(C)(C)C)cc1. The lowest BCUT2D eigenvalue weighted by Gasteiger charge is -2.54. The van der Waals surface area contributed by atoms with E-state index in [2.05, 4.69) is 71.1 Å². The average molecular weight is 332 g/mol. The molecule has 1 unspecified atom stereocenters. The van der Waals surface area contributed by atoms with E-state index < -0.39 is 8.24 Å². The summed E-state index contributed by atoms with van der Waals surface area (Å²) in [6, 6.07) is 8.40. The monoisotopic (exact) mass is 331 g/mol. The molecule has 126 valence electrons. The Labute approximate surface area is 141 Å². The number of nitrogens with zero attached hydrogens (tertiary/aromatic N) is 1. The molecule has 1 aromatic rings. The molecular weight excluding hydrogens is 302 g/mol. The number of carbonyl (C=O) groups is 1. The second kappa shape index (κ2) is 6.61. The molecule has 1 saturated heterocycles. The van der Waals surface area contributed by atoms with Crippen molar-refractivity contribution in [2.75, 3.05) is 6.61 Å². The number of amides is 1. The van der Waals surface area contributed by atoms with Crippen molar-refractivity contribution in [2.45, 2.75) is 58.5 Å². The summed E-state index contributed by atoms with van der Waals surface area (Å²) in [6.45, 7) is 13.8. The fraction of sp³-hybridized carbons (Fsp3) is 0.526. The summed E-state index contributed by atoms with van der Waals surface area (Å²) in [6.07, 6.45) is 4.56. The number of hydrogen-bond acceptors (Lipinski definition) is 2. The van der Waals surface area contributed by atoms with E-state index in [1.165, 1.54) is 11.1 Å². The van der Waals surface area contributed by atoms with Gasteiger partial charge in [0, 0.05) is 0 Å². The number of rotatable bonds is 5. The summed E-state index contributed by atoms with van der Waals surface area (Å²) in [7, 11) is -1.84. The van der Waals surface area contributed by atoms with Crippen LogP contribution in [0.25, 0.3) is 6.08 Å². The summed E-state index contributed by atoms with van der Waals surface area (Å²) >= 11 is 0. The Morgan fingerprint density at radius 3 is 2.39 bits per heavy atom. The van der Waals surface area contributed by atoms with Crippen LogP contribution in [0.5, 0.6) is 0 Å². The van der Waals surface area contributed by atoms with Gasteiger partial charge in [-0.05, 0) is 17.5 Å². The van der Waals surface area contributed by atoms with Crippen molar-refractivity contribution in [1.29, 1.82) is 0 Å². The molecule has 1 aromatic carbocycles. The van der Waals surface area contributed by atoms with Crippen LogP contribution in [0.15, 0.2) is 30.3 Å². The number of ether oxygens (including phenoxy) is 1. The third-order valence-electron chi connectivity index (χ3n) is 5.12. The first-order valence-corrected chi connectivity index (χ1v) is 11.2. The second-order valence-electron chi connectivity index (χ2n) is 7.88. The van der Waals surface area contributed by atoms with Gasteiger partial charge in [-0.1, -0.05) is 75.8 Å². The van der Waals surface area contributed by atoms with Crippen LogP contribution in [-0.2, 0) is 9.53 Å². The molecular formula is C19H29NO2Si. The minimum absolute atomic E-state index is 0.0499. The van der Waals surface area contributed by atoms with Crippen molar-refractivity contribution >= 4 is 20.2 Å². The first-order valence-electron chi connectivity index (χ1n) is 8.30. The van der Waals surface area contributed by atoms with E-state index in [0.717, 1.165) is 0 Å². The van der Waals surface area contributed by atoms with Gasteiger partial charge in [0.25, 0.3) is 0 Å². The number of carbonyl (C=O) groups excluding carboxylic acids is 1. The Bertz CT molecular complexity index is 584. The molecule has 1 amide bonds. The largest absolute Gasteiger partial charge is 0.354 e. The van der Waals surface area contributed by atoms with Gasteiger partial charge < -0.3 is 9.30 Å². The highest BCUT2D eigenvalue weighted by atomic mass is 28.3. The first kappa shape index (κ1) is 18.0. The smallest absolute Gasteiger partial charge is 0.221 e. The molecule has 1 atom stereocenters. The molecule has 23 heavy (non-hydrogen) atoms. The van der Waals surface area contributed by atoms with E-state index in [9.17, 15) is 4.79 Å². The maximum absolute atomic E-state index is 12.1. The van der Waals surface area contributed by atoms with E-state index in [4.69, 9.17) is 4.74 Å². The Balaban J connectivity index is 1.91. The van der Waals surface area contributed by atoms with Crippen molar-refractivity contribution < 1.29 is 9.53 Å².